The normalized spacial score (nSPS) is 14.1. The second-order valence-electron chi connectivity index (χ2n) is 5.30. The molecule has 19 heavy (non-hydrogen) atoms. The number of carbonyl (C=O) groups is 1. The van der Waals surface area contributed by atoms with Crippen molar-refractivity contribution in [2.75, 3.05) is 26.8 Å². The van der Waals surface area contributed by atoms with E-state index >= 15 is 0 Å². The minimum Gasteiger partial charge on any atom is -0.486 e. The molecule has 1 heterocycles. The van der Waals surface area contributed by atoms with Crippen LogP contribution in [-0.4, -0.2) is 48.3 Å². The lowest BCUT2D eigenvalue weighted by Gasteiger charge is -2.27. The predicted octanol–water partition coefficient (Wildman–Crippen LogP) is 1.30. The van der Waals surface area contributed by atoms with Crippen LogP contribution < -0.4 is 9.47 Å². The van der Waals surface area contributed by atoms with E-state index in [1.54, 1.807) is 39.1 Å². The highest BCUT2D eigenvalue weighted by molar-refractivity contribution is 5.97. The van der Waals surface area contributed by atoms with Crippen LogP contribution in [0.4, 0.5) is 0 Å². The largest absolute Gasteiger partial charge is 0.486 e. The van der Waals surface area contributed by atoms with Gasteiger partial charge in [0.15, 0.2) is 11.5 Å². The van der Waals surface area contributed by atoms with Gasteiger partial charge in [-0.05, 0) is 26.0 Å². The Bertz CT molecular complexity index is 479. The summed E-state index contributed by atoms with van der Waals surface area (Å²) in [4.78, 5) is 13.9. The van der Waals surface area contributed by atoms with Crippen molar-refractivity contribution in [3.8, 4) is 11.5 Å². The molecule has 0 fully saturated rings. The van der Waals surface area contributed by atoms with E-state index in [-0.39, 0.29) is 12.5 Å². The number of benzene rings is 1. The number of likely N-dealkylation sites (N-methyl/N-ethyl adjacent to an activating group) is 1. The topological polar surface area (TPSA) is 59.0 Å². The summed E-state index contributed by atoms with van der Waals surface area (Å²) in [6.07, 6.45) is 0. The van der Waals surface area contributed by atoms with Crippen LogP contribution in [0.5, 0.6) is 11.5 Å². The van der Waals surface area contributed by atoms with Gasteiger partial charge in [0.1, 0.15) is 13.2 Å². The number of aliphatic hydroxyl groups is 1. The molecule has 1 N–H and O–H groups in total. The number of rotatable bonds is 3. The number of nitrogens with zero attached hydrogens (tertiary/aromatic N) is 1. The van der Waals surface area contributed by atoms with Crippen molar-refractivity contribution in [3.63, 3.8) is 0 Å². The molecule has 1 aromatic carbocycles. The van der Waals surface area contributed by atoms with Gasteiger partial charge >= 0.3 is 0 Å². The Morgan fingerprint density at radius 1 is 1.37 bits per heavy atom. The van der Waals surface area contributed by atoms with Crippen LogP contribution in [0.15, 0.2) is 18.2 Å². The van der Waals surface area contributed by atoms with Gasteiger partial charge in [-0.25, -0.2) is 0 Å². The van der Waals surface area contributed by atoms with Crippen LogP contribution in [0.3, 0.4) is 0 Å². The number of carbonyl (C=O) groups excluding carboxylic acids is 1. The van der Waals surface area contributed by atoms with Crippen molar-refractivity contribution >= 4 is 5.91 Å². The molecular formula is C14H19NO4. The van der Waals surface area contributed by atoms with Crippen LogP contribution in [0.25, 0.3) is 0 Å². The van der Waals surface area contributed by atoms with Gasteiger partial charge < -0.3 is 19.5 Å². The summed E-state index contributed by atoms with van der Waals surface area (Å²) in [7, 11) is 1.66. The van der Waals surface area contributed by atoms with E-state index < -0.39 is 5.60 Å². The van der Waals surface area contributed by atoms with Gasteiger partial charge in [0.05, 0.1) is 11.2 Å². The van der Waals surface area contributed by atoms with Gasteiger partial charge in [-0.2, -0.15) is 0 Å². The second-order valence-corrected chi connectivity index (χ2v) is 5.30. The van der Waals surface area contributed by atoms with Crippen molar-refractivity contribution < 1.29 is 19.4 Å². The molecule has 0 aromatic heterocycles. The molecule has 5 heteroatoms. The number of hydrogen-bond donors (Lipinski definition) is 1. The first-order valence-electron chi connectivity index (χ1n) is 6.25. The quantitative estimate of drug-likeness (QED) is 0.895. The molecular weight excluding hydrogens is 246 g/mol. The second kappa shape index (κ2) is 5.09. The van der Waals surface area contributed by atoms with Crippen molar-refractivity contribution in [2.45, 2.75) is 19.4 Å². The van der Waals surface area contributed by atoms with E-state index in [9.17, 15) is 9.90 Å². The first-order chi connectivity index (χ1) is 8.88. The summed E-state index contributed by atoms with van der Waals surface area (Å²) in [6, 6.07) is 5.25. The summed E-state index contributed by atoms with van der Waals surface area (Å²) in [6.45, 7) is 4.50. The molecule has 0 atom stereocenters. The van der Waals surface area contributed by atoms with Crippen LogP contribution in [-0.2, 0) is 0 Å². The minimum atomic E-state index is -0.934. The smallest absolute Gasteiger partial charge is 0.257 e. The molecule has 0 unspecified atom stereocenters. The molecule has 1 aliphatic heterocycles. The maximum Gasteiger partial charge on any atom is 0.257 e. The number of amides is 1. The summed E-state index contributed by atoms with van der Waals surface area (Å²) < 4.78 is 11.0. The highest BCUT2D eigenvalue weighted by Crippen LogP contribution is 2.34. The molecule has 0 saturated heterocycles. The van der Waals surface area contributed by atoms with E-state index in [1.807, 2.05) is 0 Å². The third-order valence-corrected chi connectivity index (χ3v) is 2.77. The monoisotopic (exact) mass is 265 g/mol. The Balaban J connectivity index is 2.24. The molecule has 0 saturated carbocycles. The summed E-state index contributed by atoms with van der Waals surface area (Å²) in [5.74, 6) is 0.888. The Hall–Kier alpha value is -1.75. The van der Waals surface area contributed by atoms with Crippen molar-refractivity contribution in [1.29, 1.82) is 0 Å². The number of hydrogen-bond acceptors (Lipinski definition) is 4. The zero-order chi connectivity index (χ0) is 14.0. The first kappa shape index (κ1) is 13.7. The number of fused-ring (bicyclic) bond motifs is 1. The first-order valence-corrected chi connectivity index (χ1v) is 6.25. The fraction of sp³-hybridized carbons (Fsp3) is 0.500. The van der Waals surface area contributed by atoms with Gasteiger partial charge in [-0.15, -0.1) is 0 Å². The Labute approximate surface area is 112 Å². The van der Waals surface area contributed by atoms with Gasteiger partial charge in [-0.1, -0.05) is 6.07 Å². The maximum absolute atomic E-state index is 12.4. The van der Waals surface area contributed by atoms with Crippen molar-refractivity contribution in [3.05, 3.63) is 23.8 Å². The highest BCUT2D eigenvalue weighted by Gasteiger charge is 2.25. The lowest BCUT2D eigenvalue weighted by Crippen LogP contribution is -2.40. The SMILES string of the molecule is CN(CC(C)(C)O)C(=O)c1cccc2c1OCCO2. The lowest BCUT2D eigenvalue weighted by atomic mass is 10.1. The van der Waals surface area contributed by atoms with Gasteiger partial charge in [0.2, 0.25) is 0 Å². The summed E-state index contributed by atoms with van der Waals surface area (Å²) in [5, 5.41) is 9.77. The van der Waals surface area contributed by atoms with Crippen LogP contribution in [0.2, 0.25) is 0 Å². The van der Waals surface area contributed by atoms with E-state index in [4.69, 9.17) is 9.47 Å². The van der Waals surface area contributed by atoms with Crippen LogP contribution in [0, 0.1) is 0 Å². The number of ether oxygens (including phenoxy) is 2. The third kappa shape index (κ3) is 3.17. The van der Waals surface area contributed by atoms with Crippen molar-refractivity contribution in [2.24, 2.45) is 0 Å². The zero-order valence-electron chi connectivity index (χ0n) is 11.5. The summed E-state index contributed by atoms with van der Waals surface area (Å²) in [5.41, 5.74) is -0.472. The van der Waals surface area contributed by atoms with Gasteiger partial charge in [0.25, 0.3) is 5.91 Å². The molecule has 1 aromatic rings. The van der Waals surface area contributed by atoms with E-state index in [1.165, 1.54) is 4.90 Å². The molecule has 0 aliphatic carbocycles. The molecule has 0 bridgehead atoms. The lowest BCUT2D eigenvalue weighted by molar-refractivity contribution is 0.0364. The Morgan fingerprint density at radius 3 is 2.74 bits per heavy atom. The summed E-state index contributed by atoms with van der Waals surface area (Å²) >= 11 is 0. The predicted molar refractivity (Wildman–Crippen MR) is 70.7 cm³/mol. The molecule has 0 spiro atoms. The molecule has 1 amide bonds. The van der Waals surface area contributed by atoms with Crippen LogP contribution >= 0.6 is 0 Å². The standard InChI is InChI=1S/C14H19NO4/c1-14(2,17)9-15(3)13(16)10-5-4-6-11-12(10)19-8-7-18-11/h4-6,17H,7-9H2,1-3H3. The van der Waals surface area contributed by atoms with Crippen molar-refractivity contribution in [1.82, 2.24) is 4.90 Å². The number of para-hydroxylation sites is 1. The zero-order valence-corrected chi connectivity index (χ0v) is 11.5. The molecule has 0 radical (unpaired) electrons. The average Bonchev–Trinajstić information content (AvgIpc) is 2.35. The van der Waals surface area contributed by atoms with Gasteiger partial charge in [0, 0.05) is 13.6 Å². The molecule has 2 rings (SSSR count). The van der Waals surface area contributed by atoms with E-state index in [2.05, 4.69) is 0 Å². The molecule has 1 aliphatic rings. The Kier molecular flexibility index (Phi) is 3.66. The third-order valence-electron chi connectivity index (χ3n) is 2.77. The Morgan fingerprint density at radius 2 is 2.05 bits per heavy atom. The highest BCUT2D eigenvalue weighted by atomic mass is 16.6. The van der Waals surface area contributed by atoms with Crippen LogP contribution in [0.1, 0.15) is 24.2 Å². The maximum atomic E-state index is 12.4. The minimum absolute atomic E-state index is 0.190. The molecule has 104 valence electrons. The molecule has 5 nitrogen and oxygen atoms in total. The van der Waals surface area contributed by atoms with E-state index in [0.29, 0.717) is 30.3 Å². The van der Waals surface area contributed by atoms with Gasteiger partial charge in [-0.3, -0.25) is 4.79 Å². The fourth-order valence-corrected chi connectivity index (χ4v) is 2.10. The average molecular weight is 265 g/mol. The van der Waals surface area contributed by atoms with E-state index in [0.717, 1.165) is 0 Å². The fourth-order valence-electron chi connectivity index (χ4n) is 2.10.